The Kier molecular flexibility index (Phi) is 10.9. The van der Waals surface area contributed by atoms with Gasteiger partial charge in [-0.05, 0) is 29.6 Å². The first-order valence-corrected chi connectivity index (χ1v) is 11.6. The Bertz CT molecular complexity index is 116. The summed E-state index contributed by atoms with van der Waals surface area (Å²) >= 11 is -1.92. The summed E-state index contributed by atoms with van der Waals surface area (Å²) in [5.41, 5.74) is 0. The van der Waals surface area contributed by atoms with E-state index in [9.17, 15) is 0 Å². The van der Waals surface area contributed by atoms with Gasteiger partial charge in [0.15, 0.2) is 0 Å². The topological polar surface area (TPSA) is 0 Å². The van der Waals surface area contributed by atoms with Crippen molar-refractivity contribution in [3.8, 4) is 0 Å². The van der Waals surface area contributed by atoms with E-state index in [0.29, 0.717) is 0 Å². The Hall–Kier alpha value is 1.58. The van der Waals surface area contributed by atoms with Gasteiger partial charge in [0.25, 0.3) is 0 Å². The summed E-state index contributed by atoms with van der Waals surface area (Å²) in [5, 5.41) is 0. The maximum absolute atomic E-state index is 4.97. The number of rotatable bonds is 0. The zero-order valence-electron chi connectivity index (χ0n) is 10.5. The molecule has 1 aliphatic rings. The van der Waals surface area contributed by atoms with Gasteiger partial charge in [-0.3, -0.25) is 0 Å². The van der Waals surface area contributed by atoms with Crippen molar-refractivity contribution < 1.29 is 14.7 Å². The van der Waals surface area contributed by atoms with Gasteiger partial charge in [-0.15, -0.1) is 0 Å². The molecule has 0 aliphatic heterocycles. The molecule has 0 unspecified atom stereocenters. The van der Waals surface area contributed by atoms with Gasteiger partial charge >= 0.3 is 42.6 Å². The minimum absolute atomic E-state index is 0. The zero-order valence-corrected chi connectivity index (χ0v) is 14.3. The third-order valence-electron chi connectivity index (χ3n) is 4.15. The zero-order chi connectivity index (χ0) is 11.5. The average Bonchev–Trinajstić information content (AvgIpc) is 2.23. The Morgan fingerprint density at radius 1 is 0.600 bits per heavy atom. The second-order valence-electron chi connectivity index (χ2n) is 4.51. The normalized spacial score (nSPS) is 38.8. The molecule has 1 aliphatic carbocycles. The van der Waals surface area contributed by atoms with Crippen molar-refractivity contribution in [3.63, 3.8) is 0 Å². The van der Waals surface area contributed by atoms with E-state index in [1.807, 2.05) is 0 Å². The minimum atomic E-state index is -1.92. The molecule has 0 radical (unpaired) electrons. The molecule has 1 fully saturated rings. The number of halogens is 3. The van der Waals surface area contributed by atoms with E-state index in [1.54, 1.807) is 0 Å². The second-order valence-corrected chi connectivity index (χ2v) is 12.2. The van der Waals surface area contributed by atoms with Gasteiger partial charge in [-0.25, -0.2) is 0 Å². The van der Waals surface area contributed by atoms with Gasteiger partial charge < -0.3 is 7.43 Å². The monoisotopic (exact) mass is 308 g/mol. The fourth-order valence-electron chi connectivity index (χ4n) is 2.39. The summed E-state index contributed by atoms with van der Waals surface area (Å²) in [6.07, 6.45) is 0. The van der Waals surface area contributed by atoms with Gasteiger partial charge in [-0.2, -0.15) is 0 Å². The molecule has 0 bridgehead atoms. The molecule has 0 aromatic carbocycles. The maximum atomic E-state index is 4.97. The van der Waals surface area contributed by atoms with Crippen LogP contribution in [0, 0.1) is 37.0 Å². The summed E-state index contributed by atoms with van der Waals surface area (Å²) in [7, 11) is 14.9. The summed E-state index contributed by atoms with van der Waals surface area (Å²) in [4.78, 5) is 0. The van der Waals surface area contributed by atoms with Gasteiger partial charge in [0.1, 0.15) is 0 Å². The third-order valence-corrected chi connectivity index (χ3v) is 4.15. The molecule has 1 rings (SSSR count). The van der Waals surface area contributed by atoms with Crippen molar-refractivity contribution in [2.45, 2.75) is 34.6 Å². The summed E-state index contributed by atoms with van der Waals surface area (Å²) < 4.78 is 0. The van der Waals surface area contributed by atoms with Gasteiger partial charge in [0.05, 0.1) is 0 Å². The van der Waals surface area contributed by atoms with Crippen molar-refractivity contribution in [2.75, 3.05) is 0 Å². The SMILES string of the molecule is CC1C(C)C(C)C(C)C1C.[CH3-].[Cl][Ti+]([Cl])[Cl]. The quantitative estimate of drug-likeness (QED) is 0.398. The van der Waals surface area contributed by atoms with Crippen molar-refractivity contribution in [2.24, 2.45) is 29.6 Å². The molecule has 0 N–H and O–H groups in total. The molecule has 15 heavy (non-hydrogen) atoms. The summed E-state index contributed by atoms with van der Waals surface area (Å²) in [6, 6.07) is 0. The first kappa shape index (κ1) is 18.9. The van der Waals surface area contributed by atoms with Gasteiger partial charge in [0, 0.05) is 0 Å². The van der Waals surface area contributed by atoms with Gasteiger partial charge in [0.2, 0.25) is 0 Å². The molecule has 0 aromatic rings. The second kappa shape index (κ2) is 8.64. The van der Waals surface area contributed by atoms with Crippen LogP contribution in [0.15, 0.2) is 0 Å². The molecule has 1 saturated carbocycles. The van der Waals surface area contributed by atoms with Crippen LogP contribution >= 0.6 is 27.9 Å². The summed E-state index contributed by atoms with van der Waals surface area (Å²) in [6.45, 7) is 12.0. The van der Waals surface area contributed by atoms with Crippen LogP contribution < -0.4 is 0 Å². The average molecular weight is 310 g/mol. The predicted octanol–water partition coefficient (Wildman–Crippen LogP) is 5.70. The van der Waals surface area contributed by atoms with Gasteiger partial charge in [-0.1, -0.05) is 34.6 Å². The van der Waals surface area contributed by atoms with Crippen LogP contribution in [-0.2, 0) is 14.7 Å². The van der Waals surface area contributed by atoms with Crippen molar-refractivity contribution >= 4 is 27.9 Å². The molecule has 4 heteroatoms. The first-order chi connectivity index (χ1) is 6.29. The molecule has 0 aromatic heterocycles. The molecular formula is C11H23Cl3Ti. The molecule has 0 saturated heterocycles. The van der Waals surface area contributed by atoms with E-state index in [-0.39, 0.29) is 7.43 Å². The van der Waals surface area contributed by atoms with E-state index in [0.717, 1.165) is 29.6 Å². The van der Waals surface area contributed by atoms with Crippen molar-refractivity contribution in [3.05, 3.63) is 7.43 Å². The molecule has 0 spiro atoms. The molecule has 0 atom stereocenters. The van der Waals surface area contributed by atoms with Crippen molar-refractivity contribution in [1.29, 1.82) is 0 Å². The Morgan fingerprint density at radius 3 is 0.733 bits per heavy atom. The molecule has 0 heterocycles. The van der Waals surface area contributed by atoms with E-state index in [4.69, 9.17) is 27.9 Å². The van der Waals surface area contributed by atoms with E-state index in [1.165, 1.54) is 0 Å². The number of hydrogen-bond donors (Lipinski definition) is 0. The standard InChI is InChI=1S/C10H20.CH3.3ClH.Ti/c1-6-7(2)9(4)10(5)8(6)3;;;;;/h6-10H,1-5H3;1H3;3*1H;/q;-1;;;;+4/p-3. The van der Waals surface area contributed by atoms with Crippen LogP contribution in [0.1, 0.15) is 34.6 Å². The van der Waals surface area contributed by atoms with E-state index < -0.39 is 14.7 Å². The Balaban J connectivity index is 0. The van der Waals surface area contributed by atoms with Crippen LogP contribution in [0.4, 0.5) is 0 Å². The predicted molar refractivity (Wildman–Crippen MR) is 69.8 cm³/mol. The van der Waals surface area contributed by atoms with Crippen LogP contribution in [-0.4, -0.2) is 0 Å². The molecule has 92 valence electrons. The Morgan fingerprint density at radius 2 is 0.667 bits per heavy atom. The molecule has 0 amide bonds. The van der Waals surface area contributed by atoms with Crippen LogP contribution in [0.5, 0.6) is 0 Å². The fourth-order valence-corrected chi connectivity index (χ4v) is 2.39. The molecular weight excluding hydrogens is 286 g/mol. The number of hydrogen-bond acceptors (Lipinski definition) is 0. The van der Waals surface area contributed by atoms with E-state index >= 15 is 0 Å². The molecule has 0 nitrogen and oxygen atoms in total. The van der Waals surface area contributed by atoms with Crippen molar-refractivity contribution in [1.82, 2.24) is 0 Å². The Labute approximate surface area is 114 Å². The van der Waals surface area contributed by atoms with Crippen LogP contribution in [0.2, 0.25) is 0 Å². The van der Waals surface area contributed by atoms with Crippen LogP contribution in [0.3, 0.4) is 0 Å². The summed E-state index contributed by atoms with van der Waals surface area (Å²) in [5.74, 6) is 4.68. The third kappa shape index (κ3) is 6.17. The van der Waals surface area contributed by atoms with Crippen LogP contribution in [0.25, 0.3) is 0 Å². The first-order valence-electron chi connectivity index (χ1n) is 5.12. The fraction of sp³-hybridized carbons (Fsp3) is 0.909. The van der Waals surface area contributed by atoms with E-state index in [2.05, 4.69) is 34.6 Å².